The van der Waals surface area contributed by atoms with Gasteiger partial charge in [-0.3, -0.25) is 13.8 Å². The molecule has 3 heterocycles. The van der Waals surface area contributed by atoms with E-state index in [9.17, 15) is 8.42 Å². The predicted octanol–water partition coefficient (Wildman–Crippen LogP) is 0.995. The van der Waals surface area contributed by atoms with Gasteiger partial charge in [0, 0.05) is 24.3 Å². The molecule has 0 atom stereocenters. The molecule has 0 radical (unpaired) electrons. The normalized spacial score (nSPS) is 12.1. The van der Waals surface area contributed by atoms with Gasteiger partial charge in [0.25, 0.3) is 10.0 Å². The Morgan fingerprint density at radius 2 is 2.30 bits per heavy atom. The van der Waals surface area contributed by atoms with E-state index in [1.165, 1.54) is 21.9 Å². The van der Waals surface area contributed by atoms with Crippen LogP contribution in [-0.4, -0.2) is 27.6 Å². The van der Waals surface area contributed by atoms with Gasteiger partial charge in [0.15, 0.2) is 10.8 Å². The van der Waals surface area contributed by atoms with Crippen molar-refractivity contribution in [3.63, 3.8) is 0 Å². The molecule has 0 amide bonds. The Morgan fingerprint density at radius 1 is 1.50 bits per heavy atom. The second-order valence-electron chi connectivity index (χ2n) is 4.05. The van der Waals surface area contributed by atoms with Crippen LogP contribution in [0.15, 0.2) is 29.0 Å². The Kier molecular flexibility index (Phi) is 2.91. The fraction of sp³-hybridized carbons (Fsp3) is 0.200. The Hall–Kier alpha value is -2.07. The number of aromatic nitrogens is 4. The summed E-state index contributed by atoms with van der Waals surface area (Å²) in [6, 6.07) is 0. The SMILES string of the molecule is CCn1cc(NS(=O)(=O)c2c(N)nc3sccn23)cn1. The zero-order valence-electron chi connectivity index (χ0n) is 10.5. The summed E-state index contributed by atoms with van der Waals surface area (Å²) in [6.07, 6.45) is 4.68. The third-order valence-electron chi connectivity index (χ3n) is 2.71. The maximum absolute atomic E-state index is 12.4. The summed E-state index contributed by atoms with van der Waals surface area (Å²) in [4.78, 5) is 4.56. The quantitative estimate of drug-likeness (QED) is 0.747. The minimum absolute atomic E-state index is 0.0211. The summed E-state index contributed by atoms with van der Waals surface area (Å²) < 4.78 is 30.3. The molecule has 0 saturated carbocycles. The van der Waals surface area contributed by atoms with Crippen molar-refractivity contribution in [2.75, 3.05) is 10.5 Å². The largest absolute Gasteiger partial charge is 0.381 e. The zero-order valence-corrected chi connectivity index (χ0v) is 12.1. The molecular weight excluding hydrogens is 300 g/mol. The minimum Gasteiger partial charge on any atom is -0.381 e. The van der Waals surface area contributed by atoms with Crippen molar-refractivity contribution in [1.29, 1.82) is 0 Å². The number of imidazole rings is 1. The van der Waals surface area contributed by atoms with Crippen molar-refractivity contribution < 1.29 is 8.42 Å². The summed E-state index contributed by atoms with van der Waals surface area (Å²) in [5.41, 5.74) is 6.09. The highest BCUT2D eigenvalue weighted by atomic mass is 32.2. The number of fused-ring (bicyclic) bond motifs is 1. The molecule has 0 aliphatic rings. The fourth-order valence-electron chi connectivity index (χ4n) is 1.84. The average Bonchev–Trinajstić information content (AvgIpc) is 3.03. The molecule has 0 unspecified atom stereocenters. The molecule has 3 rings (SSSR count). The zero-order chi connectivity index (χ0) is 14.3. The summed E-state index contributed by atoms with van der Waals surface area (Å²) in [5.74, 6) is -0.0211. The number of hydrogen-bond acceptors (Lipinski definition) is 6. The van der Waals surface area contributed by atoms with E-state index >= 15 is 0 Å². The molecule has 0 aliphatic carbocycles. The number of nitrogens with two attached hydrogens (primary N) is 1. The van der Waals surface area contributed by atoms with Crippen molar-refractivity contribution in [2.45, 2.75) is 18.5 Å². The van der Waals surface area contributed by atoms with E-state index in [-0.39, 0.29) is 10.8 Å². The minimum atomic E-state index is -3.81. The summed E-state index contributed by atoms with van der Waals surface area (Å²) >= 11 is 1.32. The number of sulfonamides is 1. The second kappa shape index (κ2) is 4.49. The Labute approximate surface area is 118 Å². The molecule has 3 aromatic heterocycles. The van der Waals surface area contributed by atoms with Crippen LogP contribution in [0.4, 0.5) is 11.5 Å². The lowest BCUT2D eigenvalue weighted by molar-refractivity contribution is 0.597. The van der Waals surface area contributed by atoms with E-state index in [1.807, 2.05) is 6.92 Å². The summed E-state index contributed by atoms with van der Waals surface area (Å²) in [5, 5.41) is 5.70. The maximum atomic E-state index is 12.4. The van der Waals surface area contributed by atoms with Gasteiger partial charge in [0.1, 0.15) is 0 Å². The van der Waals surface area contributed by atoms with Gasteiger partial charge in [0.05, 0.1) is 11.9 Å². The van der Waals surface area contributed by atoms with Gasteiger partial charge in [-0.25, -0.2) is 4.98 Å². The highest BCUT2D eigenvalue weighted by Crippen LogP contribution is 2.25. The first kappa shape index (κ1) is 12.9. The maximum Gasteiger partial charge on any atom is 0.281 e. The first-order valence-electron chi connectivity index (χ1n) is 5.77. The molecule has 0 fully saturated rings. The highest BCUT2D eigenvalue weighted by Gasteiger charge is 2.25. The number of rotatable bonds is 4. The molecule has 0 spiro atoms. The number of nitrogen functional groups attached to an aromatic ring is 1. The third-order valence-corrected chi connectivity index (χ3v) is 4.88. The molecule has 3 N–H and O–H groups in total. The molecule has 20 heavy (non-hydrogen) atoms. The predicted molar refractivity (Wildman–Crippen MR) is 76.2 cm³/mol. The van der Waals surface area contributed by atoms with Crippen LogP contribution in [0, 0.1) is 0 Å². The van der Waals surface area contributed by atoms with E-state index in [2.05, 4.69) is 14.8 Å². The standard InChI is InChI=1S/C10H12N6O2S2/c1-2-15-6-7(5-12-15)14-20(17,18)9-8(11)13-10-16(9)3-4-19-10/h3-6,14H,2,11H2,1H3. The summed E-state index contributed by atoms with van der Waals surface area (Å²) in [7, 11) is -3.81. The van der Waals surface area contributed by atoms with Gasteiger partial charge in [0.2, 0.25) is 5.03 Å². The van der Waals surface area contributed by atoms with Crippen LogP contribution in [0.3, 0.4) is 0 Å². The number of nitrogens with zero attached hydrogens (tertiary/aromatic N) is 4. The van der Waals surface area contributed by atoms with Crippen molar-refractivity contribution in [2.24, 2.45) is 0 Å². The van der Waals surface area contributed by atoms with Crippen molar-refractivity contribution >= 4 is 37.8 Å². The third kappa shape index (κ3) is 2.02. The first-order valence-corrected chi connectivity index (χ1v) is 8.14. The van der Waals surface area contributed by atoms with E-state index in [4.69, 9.17) is 5.73 Å². The lowest BCUT2D eigenvalue weighted by Gasteiger charge is -2.05. The van der Waals surface area contributed by atoms with Crippen LogP contribution < -0.4 is 10.5 Å². The summed E-state index contributed by atoms with van der Waals surface area (Å²) in [6.45, 7) is 2.57. The van der Waals surface area contributed by atoms with Gasteiger partial charge >= 0.3 is 0 Å². The van der Waals surface area contributed by atoms with Crippen molar-refractivity contribution in [3.05, 3.63) is 24.0 Å². The average molecular weight is 312 g/mol. The number of hydrogen-bond donors (Lipinski definition) is 2. The number of aryl methyl sites for hydroxylation is 1. The van der Waals surface area contributed by atoms with Crippen LogP contribution in [0.5, 0.6) is 0 Å². The smallest absolute Gasteiger partial charge is 0.281 e. The van der Waals surface area contributed by atoms with Gasteiger partial charge in [-0.05, 0) is 6.92 Å². The van der Waals surface area contributed by atoms with Gasteiger partial charge in [-0.1, -0.05) is 0 Å². The van der Waals surface area contributed by atoms with Gasteiger partial charge in [-0.15, -0.1) is 11.3 Å². The van der Waals surface area contributed by atoms with Crippen molar-refractivity contribution in [1.82, 2.24) is 19.2 Å². The molecular formula is C10H12N6O2S2. The Morgan fingerprint density at radius 3 is 3.00 bits per heavy atom. The molecule has 0 aliphatic heterocycles. The monoisotopic (exact) mass is 312 g/mol. The Bertz CT molecular complexity index is 859. The first-order chi connectivity index (χ1) is 9.51. The topological polar surface area (TPSA) is 107 Å². The van der Waals surface area contributed by atoms with Crippen LogP contribution in [0.25, 0.3) is 4.96 Å². The molecule has 0 aromatic carbocycles. The van der Waals surface area contributed by atoms with Crippen LogP contribution in [0.2, 0.25) is 0 Å². The molecule has 0 saturated heterocycles. The van der Waals surface area contributed by atoms with E-state index in [1.54, 1.807) is 22.5 Å². The van der Waals surface area contributed by atoms with Gasteiger partial charge in [-0.2, -0.15) is 13.5 Å². The second-order valence-corrected chi connectivity index (χ2v) is 6.52. The molecule has 0 bridgehead atoms. The Balaban J connectivity index is 2.03. The molecule has 10 heteroatoms. The number of thiazole rings is 1. The fourth-order valence-corrected chi connectivity index (χ4v) is 3.86. The molecule has 8 nitrogen and oxygen atoms in total. The van der Waals surface area contributed by atoms with E-state index < -0.39 is 10.0 Å². The lowest BCUT2D eigenvalue weighted by atomic mass is 10.6. The molecule has 3 aromatic rings. The van der Waals surface area contributed by atoms with E-state index in [0.29, 0.717) is 17.2 Å². The lowest BCUT2D eigenvalue weighted by Crippen LogP contribution is -2.16. The van der Waals surface area contributed by atoms with Gasteiger partial charge < -0.3 is 5.73 Å². The number of nitrogens with one attached hydrogen (secondary N) is 1. The van der Waals surface area contributed by atoms with Crippen LogP contribution in [-0.2, 0) is 16.6 Å². The van der Waals surface area contributed by atoms with E-state index in [0.717, 1.165) is 0 Å². The van der Waals surface area contributed by atoms with Crippen LogP contribution >= 0.6 is 11.3 Å². The number of anilines is 2. The highest BCUT2D eigenvalue weighted by molar-refractivity contribution is 7.92. The molecule has 106 valence electrons. The van der Waals surface area contributed by atoms with Crippen LogP contribution in [0.1, 0.15) is 6.92 Å². The van der Waals surface area contributed by atoms with Crippen molar-refractivity contribution in [3.8, 4) is 0 Å².